The lowest BCUT2D eigenvalue weighted by atomic mass is 9.99. The number of aliphatic imine (C=N–C) groups is 1. The molecule has 6 nitrogen and oxygen atoms in total. The smallest absolute Gasteiger partial charge is 0.348 e. The largest absolute Gasteiger partial charge is 0.408 e. The highest BCUT2D eigenvalue weighted by Gasteiger charge is 2.36. The Morgan fingerprint density at radius 1 is 1.04 bits per heavy atom. The molecule has 4 rings (SSSR count). The average Bonchev–Trinajstić information content (AvgIpc) is 3.14. The lowest BCUT2D eigenvalue weighted by Gasteiger charge is -2.38. The van der Waals surface area contributed by atoms with Crippen LogP contribution in [-0.2, 0) is 5.79 Å². The number of anilines is 1. The molecule has 0 spiro atoms. The Balaban J connectivity index is 1.72. The molecule has 2 aromatic heterocycles. The van der Waals surface area contributed by atoms with Crippen molar-refractivity contribution in [2.24, 2.45) is 10.7 Å². The van der Waals surface area contributed by atoms with Crippen molar-refractivity contribution < 1.29 is 13.2 Å². The molecular weight excluding hydrogens is 369 g/mol. The SMILES string of the molecule is NC1(c2cccc(-c3ccncc3)c2)NC(=NCC(F)(F)F)c2cc[nH]c2N1. The van der Waals surface area contributed by atoms with Gasteiger partial charge in [-0.15, -0.1) is 0 Å². The lowest BCUT2D eigenvalue weighted by molar-refractivity contribution is -0.118. The molecule has 5 N–H and O–H groups in total. The molecule has 1 unspecified atom stereocenters. The van der Waals surface area contributed by atoms with Gasteiger partial charge >= 0.3 is 6.18 Å². The summed E-state index contributed by atoms with van der Waals surface area (Å²) in [7, 11) is 0. The van der Waals surface area contributed by atoms with E-state index in [1.165, 1.54) is 0 Å². The molecule has 0 bridgehead atoms. The summed E-state index contributed by atoms with van der Waals surface area (Å²) in [4.78, 5) is 10.7. The lowest BCUT2D eigenvalue weighted by Crippen LogP contribution is -2.61. The molecule has 1 aliphatic rings. The molecule has 0 amide bonds. The van der Waals surface area contributed by atoms with E-state index in [9.17, 15) is 13.2 Å². The summed E-state index contributed by atoms with van der Waals surface area (Å²) < 4.78 is 38.0. The fourth-order valence-corrected chi connectivity index (χ4v) is 3.08. The molecule has 0 radical (unpaired) electrons. The Kier molecular flexibility index (Phi) is 4.31. The summed E-state index contributed by atoms with van der Waals surface area (Å²) in [6, 6.07) is 12.8. The van der Waals surface area contributed by atoms with E-state index in [0.717, 1.165) is 11.1 Å². The fourth-order valence-electron chi connectivity index (χ4n) is 3.08. The zero-order chi connectivity index (χ0) is 19.8. The fraction of sp³-hybridized carbons (Fsp3) is 0.158. The molecule has 28 heavy (non-hydrogen) atoms. The minimum Gasteiger partial charge on any atom is -0.348 e. The molecule has 144 valence electrons. The Bertz CT molecular complexity index is 1010. The van der Waals surface area contributed by atoms with Crippen LogP contribution in [0.3, 0.4) is 0 Å². The number of amidine groups is 1. The average molecular weight is 386 g/mol. The van der Waals surface area contributed by atoms with Gasteiger partial charge in [-0.2, -0.15) is 13.2 Å². The van der Waals surface area contributed by atoms with Gasteiger partial charge < -0.3 is 15.6 Å². The van der Waals surface area contributed by atoms with Gasteiger partial charge in [-0.05, 0) is 35.4 Å². The van der Waals surface area contributed by atoms with Gasteiger partial charge in [0, 0.05) is 24.2 Å². The number of aromatic nitrogens is 2. The van der Waals surface area contributed by atoms with Gasteiger partial charge in [0.1, 0.15) is 18.2 Å². The van der Waals surface area contributed by atoms with Crippen molar-refractivity contribution in [3.05, 3.63) is 72.2 Å². The van der Waals surface area contributed by atoms with Gasteiger partial charge in [-0.25, -0.2) is 0 Å². The Morgan fingerprint density at radius 2 is 1.82 bits per heavy atom. The number of nitrogens with zero attached hydrogens (tertiary/aromatic N) is 2. The summed E-state index contributed by atoms with van der Waals surface area (Å²) in [5.41, 5.74) is 9.50. The van der Waals surface area contributed by atoms with Crippen molar-refractivity contribution >= 4 is 11.7 Å². The van der Waals surface area contributed by atoms with Crippen molar-refractivity contribution in [3.8, 4) is 11.1 Å². The van der Waals surface area contributed by atoms with Crippen molar-refractivity contribution in [3.63, 3.8) is 0 Å². The number of aromatic amines is 1. The van der Waals surface area contributed by atoms with Crippen LogP contribution in [0.4, 0.5) is 19.0 Å². The van der Waals surface area contributed by atoms with Crippen LogP contribution >= 0.6 is 0 Å². The minimum absolute atomic E-state index is 0.0733. The second-order valence-corrected chi connectivity index (χ2v) is 6.42. The Hall–Kier alpha value is -3.33. The predicted octanol–water partition coefficient (Wildman–Crippen LogP) is 3.17. The first-order valence-corrected chi connectivity index (χ1v) is 8.49. The summed E-state index contributed by atoms with van der Waals surface area (Å²) >= 11 is 0. The van der Waals surface area contributed by atoms with Gasteiger partial charge in [-0.1, -0.05) is 18.2 Å². The number of nitrogens with one attached hydrogen (secondary N) is 3. The number of H-pyrrole nitrogens is 1. The predicted molar refractivity (Wildman–Crippen MR) is 101 cm³/mol. The zero-order valence-corrected chi connectivity index (χ0v) is 14.6. The van der Waals surface area contributed by atoms with Crippen LogP contribution in [-0.4, -0.2) is 28.5 Å². The molecule has 3 heterocycles. The van der Waals surface area contributed by atoms with Crippen molar-refractivity contribution in [2.45, 2.75) is 12.0 Å². The van der Waals surface area contributed by atoms with Gasteiger partial charge in [-0.3, -0.25) is 15.7 Å². The van der Waals surface area contributed by atoms with Crippen molar-refractivity contribution in [2.75, 3.05) is 11.9 Å². The van der Waals surface area contributed by atoms with E-state index >= 15 is 0 Å². The topological polar surface area (TPSA) is 91.1 Å². The number of benzene rings is 1. The highest BCUT2D eigenvalue weighted by molar-refractivity contribution is 6.05. The van der Waals surface area contributed by atoms with E-state index in [0.29, 0.717) is 16.9 Å². The highest BCUT2D eigenvalue weighted by atomic mass is 19.4. The Labute approximate surface area is 158 Å². The summed E-state index contributed by atoms with van der Waals surface area (Å²) in [6.45, 7) is -1.30. The van der Waals surface area contributed by atoms with Crippen LogP contribution in [0.2, 0.25) is 0 Å². The molecule has 3 aromatic rings. The van der Waals surface area contributed by atoms with Gasteiger partial charge in [0.25, 0.3) is 0 Å². The van der Waals surface area contributed by atoms with E-state index in [2.05, 4.69) is 25.6 Å². The number of hydrogen-bond acceptors (Lipinski definition) is 4. The maximum Gasteiger partial charge on any atom is 0.408 e. The quantitative estimate of drug-likeness (QED) is 0.557. The maximum absolute atomic E-state index is 12.7. The molecule has 1 aliphatic heterocycles. The normalized spacial score (nSPS) is 20.4. The van der Waals surface area contributed by atoms with Crippen LogP contribution in [0, 0.1) is 0 Å². The molecule has 1 aromatic carbocycles. The molecule has 0 saturated heterocycles. The molecule has 1 atom stereocenters. The number of rotatable bonds is 3. The van der Waals surface area contributed by atoms with E-state index in [1.807, 2.05) is 30.3 Å². The van der Waals surface area contributed by atoms with Crippen molar-refractivity contribution in [1.82, 2.24) is 15.3 Å². The number of nitrogens with two attached hydrogens (primary N) is 1. The van der Waals surface area contributed by atoms with Gasteiger partial charge in [0.05, 0.1) is 5.56 Å². The second-order valence-electron chi connectivity index (χ2n) is 6.42. The summed E-state index contributed by atoms with van der Waals surface area (Å²) in [5.74, 6) is -0.772. The van der Waals surface area contributed by atoms with Crippen LogP contribution in [0.1, 0.15) is 11.1 Å². The first kappa shape index (κ1) is 18.1. The third-order valence-corrected chi connectivity index (χ3v) is 4.39. The first-order valence-electron chi connectivity index (χ1n) is 8.49. The number of pyridine rings is 1. The molecule has 0 saturated carbocycles. The van der Waals surface area contributed by atoms with Gasteiger partial charge in [0.2, 0.25) is 0 Å². The summed E-state index contributed by atoms with van der Waals surface area (Å²) in [6.07, 6.45) is 0.574. The number of alkyl halides is 3. The number of halogens is 3. The number of fused-ring (bicyclic) bond motifs is 1. The van der Waals surface area contributed by atoms with E-state index in [-0.39, 0.29) is 5.84 Å². The van der Waals surface area contributed by atoms with E-state index in [4.69, 9.17) is 5.73 Å². The van der Waals surface area contributed by atoms with E-state index < -0.39 is 18.5 Å². The minimum atomic E-state index is -4.41. The monoisotopic (exact) mass is 386 g/mol. The second kappa shape index (κ2) is 6.68. The Morgan fingerprint density at radius 3 is 2.57 bits per heavy atom. The zero-order valence-electron chi connectivity index (χ0n) is 14.6. The van der Waals surface area contributed by atoms with Gasteiger partial charge in [0.15, 0.2) is 5.79 Å². The molecule has 9 heteroatoms. The third-order valence-electron chi connectivity index (χ3n) is 4.39. The number of hydrogen-bond donors (Lipinski definition) is 4. The van der Waals surface area contributed by atoms with E-state index in [1.54, 1.807) is 30.7 Å². The van der Waals surface area contributed by atoms with Crippen molar-refractivity contribution in [1.29, 1.82) is 0 Å². The van der Waals surface area contributed by atoms with Crippen LogP contribution in [0.5, 0.6) is 0 Å². The maximum atomic E-state index is 12.7. The third kappa shape index (κ3) is 3.56. The molecule has 0 fully saturated rings. The summed E-state index contributed by atoms with van der Waals surface area (Å²) in [5, 5.41) is 6.04. The van der Waals surface area contributed by atoms with Crippen LogP contribution in [0.15, 0.2) is 66.0 Å². The highest BCUT2D eigenvalue weighted by Crippen LogP contribution is 2.30. The molecule has 0 aliphatic carbocycles. The van der Waals surface area contributed by atoms with Crippen LogP contribution in [0.25, 0.3) is 11.1 Å². The standard InChI is InChI=1S/C19H17F3N6/c20-18(21,22)11-26-17-15-6-9-25-16(15)27-19(23,28-17)14-3-1-2-13(10-14)12-4-7-24-8-5-12/h1-10,25,27H,11,23H2,(H,26,28). The first-order chi connectivity index (χ1) is 13.3. The molecular formula is C19H17F3N6. The van der Waals surface area contributed by atoms with Crippen LogP contribution < -0.4 is 16.4 Å².